The monoisotopic (exact) mass is 366 g/mol. The van der Waals surface area contributed by atoms with Crippen LogP contribution in [0.2, 0.25) is 0 Å². The molecule has 0 radical (unpaired) electrons. The van der Waals surface area contributed by atoms with Gasteiger partial charge in [-0.3, -0.25) is 4.79 Å². The zero-order valence-electron chi connectivity index (χ0n) is 14.3. The van der Waals surface area contributed by atoms with Crippen molar-refractivity contribution in [3.05, 3.63) is 65.8 Å². The molecule has 0 unspecified atom stereocenters. The molecule has 4 aromatic rings. The molecular weight excluding hydrogens is 351 g/mol. The minimum absolute atomic E-state index is 0.0383. The van der Waals surface area contributed by atoms with Gasteiger partial charge in [0.05, 0.1) is 6.26 Å². The van der Waals surface area contributed by atoms with Crippen LogP contribution in [0.15, 0.2) is 53.1 Å². The van der Waals surface area contributed by atoms with Gasteiger partial charge in [-0.2, -0.15) is 4.52 Å². The summed E-state index contributed by atoms with van der Waals surface area (Å²) < 4.78 is 19.6. The van der Waals surface area contributed by atoms with Gasteiger partial charge >= 0.3 is 0 Å². The van der Waals surface area contributed by atoms with E-state index in [1.165, 1.54) is 33.9 Å². The summed E-state index contributed by atoms with van der Waals surface area (Å²) in [6, 6.07) is 10.9. The summed E-state index contributed by atoms with van der Waals surface area (Å²) >= 11 is 0. The Morgan fingerprint density at radius 1 is 1.26 bits per heavy atom. The van der Waals surface area contributed by atoms with E-state index >= 15 is 0 Å². The van der Waals surface area contributed by atoms with Crippen LogP contribution in [0.4, 0.5) is 10.3 Å². The Balaban J connectivity index is 1.62. The number of nitrogens with two attached hydrogens (primary N) is 1. The molecule has 27 heavy (non-hydrogen) atoms. The van der Waals surface area contributed by atoms with Crippen LogP contribution >= 0.6 is 0 Å². The van der Waals surface area contributed by atoms with E-state index in [0.717, 1.165) is 5.56 Å². The van der Waals surface area contributed by atoms with Gasteiger partial charge in [0, 0.05) is 19.7 Å². The van der Waals surface area contributed by atoms with Gasteiger partial charge in [-0.05, 0) is 29.8 Å². The Hall–Kier alpha value is -3.75. The maximum Gasteiger partial charge on any atom is 0.272 e. The van der Waals surface area contributed by atoms with E-state index in [1.54, 1.807) is 31.3 Å². The fourth-order valence-corrected chi connectivity index (χ4v) is 2.66. The summed E-state index contributed by atoms with van der Waals surface area (Å²) in [5, 5.41) is 4.24. The van der Waals surface area contributed by atoms with Crippen molar-refractivity contribution in [2.45, 2.75) is 6.54 Å². The number of fused-ring (bicyclic) bond motifs is 1. The number of halogens is 1. The highest BCUT2D eigenvalue weighted by molar-refractivity contribution is 5.93. The van der Waals surface area contributed by atoms with Gasteiger partial charge in [-0.1, -0.05) is 12.1 Å². The van der Waals surface area contributed by atoms with Crippen molar-refractivity contribution < 1.29 is 13.6 Å². The third-order valence-electron chi connectivity index (χ3n) is 3.99. The Morgan fingerprint density at radius 2 is 2.04 bits per heavy atom. The maximum absolute atomic E-state index is 13.0. The number of benzene rings is 1. The third kappa shape index (κ3) is 3.22. The second-order valence-electron chi connectivity index (χ2n) is 5.97. The summed E-state index contributed by atoms with van der Waals surface area (Å²) in [4.78, 5) is 22.6. The number of hydrogen-bond acceptors (Lipinski definition) is 6. The molecule has 2 N–H and O–H groups in total. The minimum atomic E-state index is -0.337. The molecule has 0 atom stereocenters. The molecule has 0 bridgehead atoms. The lowest BCUT2D eigenvalue weighted by atomic mass is 10.2. The van der Waals surface area contributed by atoms with Gasteiger partial charge in [-0.25, -0.2) is 14.4 Å². The number of amides is 1. The second kappa shape index (κ2) is 6.52. The van der Waals surface area contributed by atoms with Gasteiger partial charge in [0.1, 0.15) is 11.5 Å². The highest BCUT2D eigenvalue weighted by atomic mass is 19.1. The molecule has 0 fully saturated rings. The van der Waals surface area contributed by atoms with E-state index in [2.05, 4.69) is 15.1 Å². The Bertz CT molecular complexity index is 1110. The molecule has 0 aliphatic rings. The lowest BCUT2D eigenvalue weighted by Gasteiger charge is -2.17. The van der Waals surface area contributed by atoms with Crippen LogP contribution in [0.1, 0.15) is 16.1 Å². The van der Waals surface area contributed by atoms with E-state index in [4.69, 9.17) is 10.2 Å². The van der Waals surface area contributed by atoms with E-state index in [9.17, 15) is 9.18 Å². The quantitative estimate of drug-likeness (QED) is 0.595. The van der Waals surface area contributed by atoms with Crippen LogP contribution in [-0.2, 0) is 6.54 Å². The summed E-state index contributed by atoms with van der Waals surface area (Å²) in [5.74, 6) is 0.205. The number of anilines is 1. The first-order chi connectivity index (χ1) is 13.0. The largest absolute Gasteiger partial charge is 0.461 e. The molecule has 8 nitrogen and oxygen atoms in total. The SMILES string of the molecule is CN(Cc1ccc(F)cc1)C(=O)c1cc2nc(-c3ccco3)nn2c(N)n1. The van der Waals surface area contributed by atoms with Gasteiger partial charge in [0.25, 0.3) is 5.91 Å². The fraction of sp³-hybridized carbons (Fsp3) is 0.111. The molecule has 1 amide bonds. The van der Waals surface area contributed by atoms with Gasteiger partial charge in [0.15, 0.2) is 11.4 Å². The van der Waals surface area contributed by atoms with E-state index in [0.29, 0.717) is 23.8 Å². The first kappa shape index (κ1) is 16.7. The summed E-state index contributed by atoms with van der Waals surface area (Å²) in [6.07, 6.45) is 1.52. The number of nitrogens with zero attached hydrogens (tertiary/aromatic N) is 5. The fourth-order valence-electron chi connectivity index (χ4n) is 2.66. The van der Waals surface area contributed by atoms with Crippen molar-refractivity contribution in [2.75, 3.05) is 12.8 Å². The number of carbonyl (C=O) groups is 1. The summed E-state index contributed by atoms with van der Waals surface area (Å²) in [6.45, 7) is 0.302. The molecule has 136 valence electrons. The average Bonchev–Trinajstić information content (AvgIpc) is 3.32. The molecule has 0 aliphatic carbocycles. The van der Waals surface area contributed by atoms with Crippen LogP contribution in [0.3, 0.4) is 0 Å². The molecule has 0 spiro atoms. The number of nitrogen functional groups attached to an aromatic ring is 1. The highest BCUT2D eigenvalue weighted by Gasteiger charge is 2.18. The van der Waals surface area contributed by atoms with E-state index in [1.807, 2.05) is 0 Å². The number of aromatic nitrogens is 4. The Kier molecular flexibility index (Phi) is 4.03. The van der Waals surface area contributed by atoms with Crippen LogP contribution in [-0.4, -0.2) is 37.4 Å². The molecule has 0 saturated heterocycles. The zero-order chi connectivity index (χ0) is 19.0. The predicted molar refractivity (Wildman–Crippen MR) is 95.1 cm³/mol. The van der Waals surface area contributed by atoms with Crippen molar-refractivity contribution in [1.29, 1.82) is 0 Å². The topological polar surface area (TPSA) is 103 Å². The highest BCUT2D eigenvalue weighted by Crippen LogP contribution is 2.19. The second-order valence-corrected chi connectivity index (χ2v) is 5.97. The maximum atomic E-state index is 13.0. The molecule has 3 aromatic heterocycles. The van der Waals surface area contributed by atoms with Crippen LogP contribution in [0.5, 0.6) is 0 Å². The summed E-state index contributed by atoms with van der Waals surface area (Å²) in [7, 11) is 1.63. The van der Waals surface area contributed by atoms with Crippen molar-refractivity contribution >= 4 is 17.5 Å². The molecular formula is C18H15FN6O2. The molecule has 1 aromatic carbocycles. The minimum Gasteiger partial charge on any atom is -0.461 e. The number of rotatable bonds is 4. The van der Waals surface area contributed by atoms with Gasteiger partial charge in [0.2, 0.25) is 11.8 Å². The third-order valence-corrected chi connectivity index (χ3v) is 3.99. The molecule has 0 aliphatic heterocycles. The zero-order valence-corrected chi connectivity index (χ0v) is 14.3. The van der Waals surface area contributed by atoms with E-state index in [-0.39, 0.29) is 23.4 Å². The van der Waals surface area contributed by atoms with Gasteiger partial charge < -0.3 is 15.1 Å². The Morgan fingerprint density at radius 3 is 2.74 bits per heavy atom. The molecule has 3 heterocycles. The summed E-state index contributed by atoms with van der Waals surface area (Å²) in [5.41, 5.74) is 7.26. The molecule has 4 rings (SSSR count). The lowest BCUT2D eigenvalue weighted by Crippen LogP contribution is -2.27. The van der Waals surface area contributed by atoms with Crippen LogP contribution in [0.25, 0.3) is 17.2 Å². The van der Waals surface area contributed by atoms with Crippen molar-refractivity contribution in [3.8, 4) is 11.6 Å². The van der Waals surface area contributed by atoms with Gasteiger partial charge in [-0.15, -0.1) is 5.10 Å². The number of furan rings is 1. The average molecular weight is 366 g/mol. The molecule has 9 heteroatoms. The van der Waals surface area contributed by atoms with Crippen LogP contribution in [0, 0.1) is 5.82 Å². The van der Waals surface area contributed by atoms with E-state index < -0.39 is 0 Å². The predicted octanol–water partition coefficient (Wildman–Crippen LogP) is 2.38. The smallest absolute Gasteiger partial charge is 0.272 e. The molecule has 0 saturated carbocycles. The van der Waals surface area contributed by atoms with Crippen molar-refractivity contribution in [1.82, 2.24) is 24.5 Å². The normalized spacial score (nSPS) is 11.0. The van der Waals surface area contributed by atoms with Crippen LogP contribution < -0.4 is 5.73 Å². The lowest BCUT2D eigenvalue weighted by molar-refractivity contribution is 0.0779. The van der Waals surface area contributed by atoms with Crippen molar-refractivity contribution in [2.24, 2.45) is 0 Å². The Labute approximate surface area is 153 Å². The number of hydrogen-bond donors (Lipinski definition) is 1. The number of carbonyl (C=O) groups excluding carboxylic acids is 1. The standard InChI is InChI=1S/C18H15FN6O2/c1-24(10-11-4-6-12(19)7-5-11)17(26)13-9-15-22-16(14-3-2-8-27-14)23-25(15)18(20)21-13/h2-9H,10H2,1H3,(H2,20,21). The van der Waals surface area contributed by atoms with Crippen molar-refractivity contribution in [3.63, 3.8) is 0 Å². The first-order valence-corrected chi connectivity index (χ1v) is 8.08. The first-order valence-electron chi connectivity index (χ1n) is 8.08.